The van der Waals surface area contributed by atoms with Gasteiger partial charge in [0, 0.05) is 12.8 Å². The molecule has 2 aromatic rings. The van der Waals surface area contributed by atoms with Gasteiger partial charge in [-0.05, 0) is 24.0 Å². The van der Waals surface area contributed by atoms with Crippen molar-refractivity contribution in [3.63, 3.8) is 0 Å². The molecular formula is C22H30O5. The number of rotatable bonds is 7. The maximum atomic E-state index is 11.0. The van der Waals surface area contributed by atoms with Crippen LogP contribution in [0.25, 0.3) is 0 Å². The number of aliphatic carboxylic acids is 1. The molecule has 0 aliphatic carbocycles. The molecule has 0 unspecified atom stereocenters. The number of benzene rings is 2. The molecule has 2 N–H and O–H groups in total. The Kier molecular flexibility index (Phi) is 15.1. The highest BCUT2D eigenvalue weighted by Gasteiger charge is 2.00. The van der Waals surface area contributed by atoms with E-state index in [1.54, 1.807) is 0 Å². The van der Waals surface area contributed by atoms with Gasteiger partial charge in [0.1, 0.15) is 6.61 Å². The van der Waals surface area contributed by atoms with E-state index in [9.17, 15) is 9.59 Å². The maximum Gasteiger partial charge on any atom is 0.306 e. The lowest BCUT2D eigenvalue weighted by molar-refractivity contribution is -0.145. The van der Waals surface area contributed by atoms with Crippen LogP contribution < -0.4 is 0 Å². The fourth-order valence-electron chi connectivity index (χ4n) is 1.81. The lowest BCUT2D eigenvalue weighted by Crippen LogP contribution is -2.03. The average molecular weight is 374 g/mol. The molecule has 0 fully saturated rings. The van der Waals surface area contributed by atoms with E-state index in [1.807, 2.05) is 74.5 Å². The zero-order valence-corrected chi connectivity index (χ0v) is 16.1. The van der Waals surface area contributed by atoms with Gasteiger partial charge in [-0.1, -0.05) is 74.5 Å². The Hall–Kier alpha value is -2.66. The van der Waals surface area contributed by atoms with Crippen molar-refractivity contribution in [3.05, 3.63) is 71.8 Å². The Bertz CT molecular complexity index is 611. The molecule has 27 heavy (non-hydrogen) atoms. The Morgan fingerprint density at radius 3 is 1.63 bits per heavy atom. The topological polar surface area (TPSA) is 83.8 Å². The summed E-state index contributed by atoms with van der Waals surface area (Å²) in [6.07, 6.45) is 2.37. The monoisotopic (exact) mass is 374 g/mol. The molecule has 0 amide bonds. The minimum atomic E-state index is -0.711. The summed E-state index contributed by atoms with van der Waals surface area (Å²) < 4.78 is 5.03. The van der Waals surface area contributed by atoms with Crippen LogP contribution in [-0.4, -0.2) is 22.2 Å². The van der Waals surface area contributed by atoms with E-state index in [0.717, 1.165) is 24.0 Å². The van der Waals surface area contributed by atoms with E-state index in [1.165, 1.54) is 0 Å². The molecular weight excluding hydrogens is 344 g/mol. The SMILES string of the molecule is CCCC(=O)O.CCCC(=O)OCc1ccccc1.OCc1ccccc1. The minimum absolute atomic E-state index is 0.119. The molecule has 0 aliphatic heterocycles. The largest absolute Gasteiger partial charge is 0.481 e. The van der Waals surface area contributed by atoms with Gasteiger partial charge in [0.15, 0.2) is 0 Å². The van der Waals surface area contributed by atoms with Gasteiger partial charge in [-0.25, -0.2) is 0 Å². The predicted molar refractivity (Wildman–Crippen MR) is 106 cm³/mol. The van der Waals surface area contributed by atoms with Gasteiger partial charge < -0.3 is 14.9 Å². The van der Waals surface area contributed by atoms with E-state index >= 15 is 0 Å². The molecule has 5 nitrogen and oxygen atoms in total. The fourth-order valence-corrected chi connectivity index (χ4v) is 1.81. The van der Waals surface area contributed by atoms with E-state index in [2.05, 4.69) is 0 Å². The molecule has 0 aromatic heterocycles. The lowest BCUT2D eigenvalue weighted by atomic mass is 10.2. The highest BCUT2D eigenvalue weighted by molar-refractivity contribution is 5.69. The van der Waals surface area contributed by atoms with Crippen molar-refractivity contribution in [3.8, 4) is 0 Å². The van der Waals surface area contributed by atoms with Gasteiger partial charge in [-0.3, -0.25) is 9.59 Å². The second kappa shape index (κ2) is 16.8. The summed E-state index contributed by atoms with van der Waals surface area (Å²) in [6.45, 7) is 4.33. The molecule has 0 aliphatic rings. The first-order chi connectivity index (χ1) is 13.0. The Balaban J connectivity index is 0.000000413. The van der Waals surface area contributed by atoms with Gasteiger partial charge in [0.2, 0.25) is 0 Å². The zero-order chi connectivity index (χ0) is 20.3. The molecule has 0 atom stereocenters. The van der Waals surface area contributed by atoms with E-state index < -0.39 is 5.97 Å². The second-order valence-corrected chi connectivity index (χ2v) is 5.68. The number of hydrogen-bond acceptors (Lipinski definition) is 4. The maximum absolute atomic E-state index is 11.0. The molecule has 2 aromatic carbocycles. The number of hydrogen-bond donors (Lipinski definition) is 2. The number of aliphatic hydroxyl groups excluding tert-OH is 1. The molecule has 0 heterocycles. The molecule has 0 saturated carbocycles. The van der Waals surface area contributed by atoms with Crippen molar-refractivity contribution in [1.29, 1.82) is 0 Å². The number of carboxylic acids is 1. The van der Waals surface area contributed by atoms with E-state index in [0.29, 0.717) is 19.4 Å². The Morgan fingerprint density at radius 1 is 0.815 bits per heavy atom. The molecule has 0 bridgehead atoms. The summed E-state index contributed by atoms with van der Waals surface area (Å²) >= 11 is 0. The van der Waals surface area contributed by atoms with Crippen LogP contribution in [-0.2, 0) is 27.5 Å². The van der Waals surface area contributed by atoms with Crippen LogP contribution >= 0.6 is 0 Å². The molecule has 0 spiro atoms. The minimum Gasteiger partial charge on any atom is -0.481 e. The first kappa shape index (κ1) is 24.3. The van der Waals surface area contributed by atoms with Gasteiger partial charge >= 0.3 is 11.9 Å². The number of ether oxygens (including phenoxy) is 1. The highest BCUT2D eigenvalue weighted by atomic mass is 16.5. The lowest BCUT2D eigenvalue weighted by Gasteiger charge is -2.02. The molecule has 0 radical (unpaired) electrons. The molecule has 0 saturated heterocycles. The van der Waals surface area contributed by atoms with Gasteiger partial charge in [-0.2, -0.15) is 0 Å². The van der Waals surface area contributed by atoms with Crippen LogP contribution in [0.4, 0.5) is 0 Å². The summed E-state index contributed by atoms with van der Waals surface area (Å²) in [4.78, 5) is 20.6. The normalized spacial score (nSPS) is 9.15. The molecule has 5 heteroatoms. The third-order valence-electron chi connectivity index (χ3n) is 3.19. The first-order valence-electron chi connectivity index (χ1n) is 9.09. The van der Waals surface area contributed by atoms with Crippen molar-refractivity contribution in [2.75, 3.05) is 0 Å². The average Bonchev–Trinajstić information content (AvgIpc) is 2.69. The number of carboxylic acid groups (broad SMARTS) is 1. The third-order valence-corrected chi connectivity index (χ3v) is 3.19. The highest BCUT2D eigenvalue weighted by Crippen LogP contribution is 2.02. The molecule has 148 valence electrons. The second-order valence-electron chi connectivity index (χ2n) is 5.68. The summed E-state index contributed by atoms with van der Waals surface area (Å²) in [5.41, 5.74) is 2.00. The summed E-state index contributed by atoms with van der Waals surface area (Å²) in [6, 6.07) is 19.2. The predicted octanol–water partition coefficient (Wildman–Crippen LogP) is 4.58. The Labute approximate surface area is 161 Å². The van der Waals surface area contributed by atoms with Crippen molar-refractivity contribution < 1.29 is 24.5 Å². The smallest absolute Gasteiger partial charge is 0.306 e. The number of aliphatic hydroxyl groups is 1. The quantitative estimate of drug-likeness (QED) is 0.693. The van der Waals surface area contributed by atoms with Crippen LogP contribution in [0.3, 0.4) is 0 Å². The first-order valence-corrected chi connectivity index (χ1v) is 9.09. The van der Waals surface area contributed by atoms with Gasteiger partial charge in [0.05, 0.1) is 6.61 Å². The van der Waals surface area contributed by atoms with Crippen LogP contribution in [0.1, 0.15) is 50.7 Å². The standard InChI is InChI=1S/C11H14O2.C7H8O.C4H8O2/c1-2-6-11(12)13-9-10-7-4-3-5-8-10;8-6-7-4-2-1-3-5-7;1-2-3-4(5)6/h3-5,7-8H,2,6,9H2,1H3;1-5,8H,6H2;2-3H2,1H3,(H,5,6). The van der Waals surface area contributed by atoms with Crippen LogP contribution in [0.5, 0.6) is 0 Å². The van der Waals surface area contributed by atoms with Crippen molar-refractivity contribution in [2.45, 2.75) is 52.7 Å². The van der Waals surface area contributed by atoms with E-state index in [4.69, 9.17) is 14.9 Å². The van der Waals surface area contributed by atoms with Crippen molar-refractivity contribution in [2.24, 2.45) is 0 Å². The summed E-state index contributed by atoms with van der Waals surface area (Å²) in [5.74, 6) is -0.830. The van der Waals surface area contributed by atoms with E-state index in [-0.39, 0.29) is 12.6 Å². The van der Waals surface area contributed by atoms with Gasteiger partial charge in [0.25, 0.3) is 0 Å². The third kappa shape index (κ3) is 15.3. The van der Waals surface area contributed by atoms with Crippen molar-refractivity contribution >= 4 is 11.9 Å². The molecule has 2 rings (SSSR count). The van der Waals surface area contributed by atoms with Crippen molar-refractivity contribution in [1.82, 2.24) is 0 Å². The zero-order valence-electron chi connectivity index (χ0n) is 16.1. The number of carbonyl (C=O) groups excluding carboxylic acids is 1. The van der Waals surface area contributed by atoms with Crippen LogP contribution in [0.2, 0.25) is 0 Å². The summed E-state index contributed by atoms with van der Waals surface area (Å²) in [7, 11) is 0. The van der Waals surface area contributed by atoms with Gasteiger partial charge in [-0.15, -0.1) is 0 Å². The van der Waals surface area contributed by atoms with Crippen LogP contribution in [0.15, 0.2) is 60.7 Å². The summed E-state index contributed by atoms with van der Waals surface area (Å²) in [5, 5.41) is 16.5. The number of esters is 1. The Morgan fingerprint density at radius 2 is 1.30 bits per heavy atom. The fraction of sp³-hybridized carbons (Fsp3) is 0.364. The van der Waals surface area contributed by atoms with Crippen LogP contribution in [0, 0.1) is 0 Å². The number of carbonyl (C=O) groups is 2.